The molecule has 20 heavy (non-hydrogen) atoms. The Morgan fingerprint density at radius 2 is 1.50 bits per heavy atom. The van der Waals surface area contributed by atoms with E-state index in [4.69, 9.17) is 5.73 Å². The van der Waals surface area contributed by atoms with Gasteiger partial charge in [0.1, 0.15) is 6.04 Å². The molecular formula is C16H16N2O2. The molecule has 0 aliphatic heterocycles. The standard InChI is InChI=1S/C16H16N2O2/c17-16(20)15(13-9-5-2-6-10-13)18-14(19)11-12-7-3-1-4-8-12/h1-10,15H,11H2,(H2,17,20)(H,18,19). The van der Waals surface area contributed by atoms with Crippen LogP contribution in [-0.2, 0) is 16.0 Å². The summed E-state index contributed by atoms with van der Waals surface area (Å²) in [7, 11) is 0. The van der Waals surface area contributed by atoms with Crippen molar-refractivity contribution in [2.24, 2.45) is 5.73 Å². The van der Waals surface area contributed by atoms with E-state index in [1.807, 2.05) is 36.4 Å². The van der Waals surface area contributed by atoms with Crippen LogP contribution in [0.4, 0.5) is 0 Å². The van der Waals surface area contributed by atoms with Gasteiger partial charge in [-0.15, -0.1) is 0 Å². The SMILES string of the molecule is NC(=O)C(NC(=O)Cc1ccccc1)c1ccccc1. The maximum atomic E-state index is 12.0. The van der Waals surface area contributed by atoms with E-state index < -0.39 is 11.9 Å². The molecule has 0 aromatic heterocycles. The third-order valence-corrected chi connectivity index (χ3v) is 2.93. The first-order valence-corrected chi connectivity index (χ1v) is 6.34. The molecule has 4 nitrogen and oxygen atoms in total. The summed E-state index contributed by atoms with van der Waals surface area (Å²) in [5.74, 6) is -0.804. The number of carbonyl (C=O) groups is 2. The normalized spacial score (nSPS) is 11.6. The Balaban J connectivity index is 2.06. The van der Waals surface area contributed by atoms with Crippen LogP contribution in [0.2, 0.25) is 0 Å². The molecule has 0 saturated heterocycles. The topological polar surface area (TPSA) is 72.2 Å². The van der Waals surface area contributed by atoms with E-state index in [2.05, 4.69) is 5.32 Å². The van der Waals surface area contributed by atoms with Gasteiger partial charge in [-0.1, -0.05) is 60.7 Å². The van der Waals surface area contributed by atoms with Crippen LogP contribution >= 0.6 is 0 Å². The Morgan fingerprint density at radius 1 is 0.950 bits per heavy atom. The molecule has 0 aliphatic carbocycles. The fraction of sp³-hybridized carbons (Fsp3) is 0.125. The van der Waals surface area contributed by atoms with Crippen LogP contribution in [0.1, 0.15) is 17.2 Å². The lowest BCUT2D eigenvalue weighted by Gasteiger charge is -2.15. The third-order valence-electron chi connectivity index (χ3n) is 2.93. The van der Waals surface area contributed by atoms with Crippen molar-refractivity contribution < 1.29 is 9.59 Å². The van der Waals surface area contributed by atoms with Gasteiger partial charge in [0, 0.05) is 0 Å². The molecule has 2 rings (SSSR count). The average Bonchev–Trinajstić information content (AvgIpc) is 2.46. The zero-order chi connectivity index (χ0) is 14.4. The number of hydrogen-bond acceptors (Lipinski definition) is 2. The van der Waals surface area contributed by atoms with Crippen molar-refractivity contribution in [3.05, 3.63) is 71.8 Å². The van der Waals surface area contributed by atoms with Crippen molar-refractivity contribution in [1.82, 2.24) is 5.32 Å². The first-order valence-electron chi connectivity index (χ1n) is 6.34. The summed E-state index contributed by atoms with van der Waals surface area (Å²) in [6, 6.07) is 17.5. The van der Waals surface area contributed by atoms with Crippen LogP contribution in [0.5, 0.6) is 0 Å². The lowest BCUT2D eigenvalue weighted by Crippen LogP contribution is -2.38. The van der Waals surface area contributed by atoms with Gasteiger partial charge < -0.3 is 11.1 Å². The van der Waals surface area contributed by atoms with E-state index in [1.165, 1.54) is 0 Å². The Bertz CT molecular complexity index is 582. The highest BCUT2D eigenvalue weighted by atomic mass is 16.2. The van der Waals surface area contributed by atoms with Crippen LogP contribution in [0.15, 0.2) is 60.7 Å². The number of primary amides is 1. The fourth-order valence-corrected chi connectivity index (χ4v) is 1.96. The molecular weight excluding hydrogens is 252 g/mol. The number of amides is 2. The van der Waals surface area contributed by atoms with Gasteiger partial charge in [-0.25, -0.2) is 0 Å². The quantitative estimate of drug-likeness (QED) is 0.864. The predicted molar refractivity (Wildman–Crippen MR) is 76.7 cm³/mol. The lowest BCUT2D eigenvalue weighted by molar-refractivity contribution is -0.127. The van der Waals surface area contributed by atoms with Gasteiger partial charge in [0.25, 0.3) is 0 Å². The summed E-state index contributed by atoms with van der Waals surface area (Å²) < 4.78 is 0. The van der Waals surface area contributed by atoms with Crippen LogP contribution in [-0.4, -0.2) is 11.8 Å². The molecule has 1 unspecified atom stereocenters. The second-order valence-corrected chi connectivity index (χ2v) is 4.48. The fourth-order valence-electron chi connectivity index (χ4n) is 1.96. The molecule has 1 atom stereocenters. The second-order valence-electron chi connectivity index (χ2n) is 4.48. The van der Waals surface area contributed by atoms with Crippen molar-refractivity contribution in [2.75, 3.05) is 0 Å². The maximum absolute atomic E-state index is 12.0. The number of benzene rings is 2. The number of carbonyl (C=O) groups excluding carboxylic acids is 2. The molecule has 3 N–H and O–H groups in total. The molecule has 102 valence electrons. The lowest BCUT2D eigenvalue weighted by atomic mass is 10.1. The molecule has 2 aromatic rings. The van der Waals surface area contributed by atoms with Crippen molar-refractivity contribution >= 4 is 11.8 Å². The van der Waals surface area contributed by atoms with E-state index in [1.54, 1.807) is 24.3 Å². The summed E-state index contributed by atoms with van der Waals surface area (Å²) in [5, 5.41) is 2.67. The number of hydrogen-bond donors (Lipinski definition) is 2. The third kappa shape index (κ3) is 3.68. The van der Waals surface area contributed by atoms with Gasteiger partial charge in [0.15, 0.2) is 0 Å². The van der Waals surface area contributed by atoms with Crippen LogP contribution in [0, 0.1) is 0 Å². The van der Waals surface area contributed by atoms with Gasteiger partial charge in [-0.3, -0.25) is 9.59 Å². The zero-order valence-corrected chi connectivity index (χ0v) is 11.0. The van der Waals surface area contributed by atoms with Gasteiger partial charge in [0.05, 0.1) is 6.42 Å². The minimum Gasteiger partial charge on any atom is -0.368 e. The molecule has 2 aromatic carbocycles. The molecule has 0 aliphatic rings. The largest absolute Gasteiger partial charge is 0.368 e. The van der Waals surface area contributed by atoms with Crippen molar-refractivity contribution in [1.29, 1.82) is 0 Å². The smallest absolute Gasteiger partial charge is 0.244 e. The first-order chi connectivity index (χ1) is 9.66. The molecule has 0 spiro atoms. The highest BCUT2D eigenvalue weighted by molar-refractivity contribution is 5.88. The molecule has 2 amide bonds. The molecule has 4 heteroatoms. The summed E-state index contributed by atoms with van der Waals surface area (Å²) in [4.78, 5) is 23.5. The Kier molecular flexibility index (Phi) is 4.50. The Morgan fingerprint density at radius 3 is 2.05 bits per heavy atom. The van der Waals surface area contributed by atoms with E-state index in [0.717, 1.165) is 5.56 Å². The van der Waals surface area contributed by atoms with Gasteiger partial charge in [0.2, 0.25) is 11.8 Å². The summed E-state index contributed by atoms with van der Waals surface area (Å²) in [5.41, 5.74) is 6.93. The summed E-state index contributed by atoms with van der Waals surface area (Å²) >= 11 is 0. The van der Waals surface area contributed by atoms with Crippen LogP contribution in [0.25, 0.3) is 0 Å². The van der Waals surface area contributed by atoms with Gasteiger partial charge >= 0.3 is 0 Å². The van der Waals surface area contributed by atoms with Crippen LogP contribution in [0.3, 0.4) is 0 Å². The summed E-state index contributed by atoms with van der Waals surface area (Å²) in [6.45, 7) is 0. The molecule has 0 fully saturated rings. The highest BCUT2D eigenvalue weighted by Crippen LogP contribution is 2.12. The van der Waals surface area contributed by atoms with Crippen molar-refractivity contribution in [3.8, 4) is 0 Å². The number of nitrogens with two attached hydrogens (primary N) is 1. The molecule has 0 radical (unpaired) electrons. The van der Waals surface area contributed by atoms with Gasteiger partial charge in [-0.05, 0) is 11.1 Å². The molecule has 0 heterocycles. The number of nitrogens with one attached hydrogen (secondary N) is 1. The van der Waals surface area contributed by atoms with Crippen molar-refractivity contribution in [2.45, 2.75) is 12.5 Å². The Labute approximate surface area is 117 Å². The van der Waals surface area contributed by atoms with Crippen molar-refractivity contribution in [3.63, 3.8) is 0 Å². The predicted octanol–water partition coefficient (Wildman–Crippen LogP) is 1.57. The summed E-state index contributed by atoms with van der Waals surface area (Å²) in [6.07, 6.45) is 0.220. The molecule has 0 saturated carbocycles. The number of rotatable bonds is 5. The van der Waals surface area contributed by atoms with Gasteiger partial charge in [-0.2, -0.15) is 0 Å². The highest BCUT2D eigenvalue weighted by Gasteiger charge is 2.19. The minimum absolute atomic E-state index is 0.220. The van der Waals surface area contributed by atoms with E-state index in [0.29, 0.717) is 5.56 Å². The van der Waals surface area contributed by atoms with Crippen LogP contribution < -0.4 is 11.1 Å². The first kappa shape index (κ1) is 13.8. The average molecular weight is 268 g/mol. The van der Waals surface area contributed by atoms with E-state index in [9.17, 15) is 9.59 Å². The van der Waals surface area contributed by atoms with E-state index >= 15 is 0 Å². The second kappa shape index (κ2) is 6.52. The maximum Gasteiger partial charge on any atom is 0.244 e. The van der Waals surface area contributed by atoms with E-state index in [-0.39, 0.29) is 12.3 Å². The monoisotopic (exact) mass is 268 g/mol. The molecule has 0 bridgehead atoms. The Hall–Kier alpha value is -2.62. The zero-order valence-electron chi connectivity index (χ0n) is 11.0. The minimum atomic E-state index is -0.799.